The van der Waals surface area contributed by atoms with Crippen LogP contribution in [0.4, 0.5) is 0 Å². The summed E-state index contributed by atoms with van der Waals surface area (Å²) in [6, 6.07) is 13.0. The molecule has 4 aromatic rings. The highest BCUT2D eigenvalue weighted by atomic mass is 32.2. The monoisotopic (exact) mass is 383 g/mol. The Labute approximate surface area is 159 Å². The fraction of sp³-hybridized carbons (Fsp3) is 0.211. The molecule has 0 bridgehead atoms. The molecule has 138 valence electrons. The highest BCUT2D eigenvalue weighted by molar-refractivity contribution is 7.97. The Balaban J connectivity index is 1.44. The van der Waals surface area contributed by atoms with Crippen LogP contribution in [0.3, 0.4) is 0 Å². The summed E-state index contributed by atoms with van der Waals surface area (Å²) < 4.78 is 17.7. The maximum absolute atomic E-state index is 12.4. The van der Waals surface area contributed by atoms with Gasteiger partial charge in [0.1, 0.15) is 24.7 Å². The number of furan rings is 1. The zero-order valence-electron chi connectivity index (χ0n) is 14.6. The highest BCUT2D eigenvalue weighted by Crippen LogP contribution is 2.21. The molecule has 0 radical (unpaired) electrons. The van der Waals surface area contributed by atoms with E-state index in [1.807, 2.05) is 35.1 Å². The fourth-order valence-electron chi connectivity index (χ4n) is 2.79. The van der Waals surface area contributed by atoms with Crippen LogP contribution in [0, 0.1) is 0 Å². The second-order valence-electron chi connectivity index (χ2n) is 5.86. The normalized spacial score (nSPS) is 11.1. The maximum atomic E-state index is 12.4. The van der Waals surface area contributed by atoms with Crippen LogP contribution in [0.5, 0.6) is 0 Å². The van der Waals surface area contributed by atoms with Gasteiger partial charge in [-0.3, -0.25) is 4.79 Å². The van der Waals surface area contributed by atoms with Gasteiger partial charge < -0.3 is 18.2 Å². The Morgan fingerprint density at radius 3 is 2.93 bits per heavy atom. The summed E-state index contributed by atoms with van der Waals surface area (Å²) in [5, 5.41) is 3.90. The number of nitrogens with zero attached hydrogens (tertiary/aromatic N) is 3. The minimum atomic E-state index is -0.358. The van der Waals surface area contributed by atoms with Gasteiger partial charge in [0.25, 0.3) is 0 Å². The fourth-order valence-corrected chi connectivity index (χ4v) is 3.26. The zero-order chi connectivity index (χ0) is 18.6. The van der Waals surface area contributed by atoms with Gasteiger partial charge in [0.2, 0.25) is 5.76 Å². The summed E-state index contributed by atoms with van der Waals surface area (Å²) in [7, 11) is 0. The molecule has 3 heterocycles. The lowest BCUT2D eigenvalue weighted by Crippen LogP contribution is -2.15. The van der Waals surface area contributed by atoms with Crippen LogP contribution in [0.15, 0.2) is 57.7 Å². The van der Waals surface area contributed by atoms with Crippen molar-refractivity contribution in [2.45, 2.75) is 18.9 Å². The number of carbonyl (C=O) groups excluding carboxylic acids is 1. The van der Waals surface area contributed by atoms with E-state index in [-0.39, 0.29) is 19.1 Å². The summed E-state index contributed by atoms with van der Waals surface area (Å²) in [6.07, 6.45) is 3.56. The van der Waals surface area contributed by atoms with Gasteiger partial charge in [0.05, 0.1) is 23.0 Å². The Bertz CT molecular complexity index is 1050. The first-order valence-electron chi connectivity index (χ1n) is 8.33. The van der Waals surface area contributed by atoms with Gasteiger partial charge in [0, 0.05) is 6.07 Å². The SMILES string of the molecule is CSCc1nc2ccccc2n1CC(=O)OCc1cc(-c2ccco2)on1. The van der Waals surface area contributed by atoms with Gasteiger partial charge in [-0.15, -0.1) is 0 Å². The quantitative estimate of drug-likeness (QED) is 0.448. The summed E-state index contributed by atoms with van der Waals surface area (Å²) in [6.45, 7) is 0.132. The van der Waals surface area contributed by atoms with E-state index >= 15 is 0 Å². The molecule has 0 spiro atoms. The van der Waals surface area contributed by atoms with Crippen LogP contribution in [-0.4, -0.2) is 26.9 Å². The molecule has 27 heavy (non-hydrogen) atoms. The van der Waals surface area contributed by atoms with Crippen molar-refractivity contribution >= 4 is 28.8 Å². The average Bonchev–Trinajstić information content (AvgIpc) is 3.41. The van der Waals surface area contributed by atoms with E-state index in [2.05, 4.69) is 10.1 Å². The number of ether oxygens (including phenoxy) is 1. The second kappa shape index (κ2) is 7.71. The van der Waals surface area contributed by atoms with Crippen LogP contribution >= 0.6 is 11.8 Å². The molecule has 0 saturated heterocycles. The average molecular weight is 383 g/mol. The van der Waals surface area contributed by atoms with Crippen molar-refractivity contribution in [3.8, 4) is 11.5 Å². The third-order valence-electron chi connectivity index (χ3n) is 4.00. The number of aromatic nitrogens is 3. The predicted molar refractivity (Wildman–Crippen MR) is 101 cm³/mol. The number of thioether (sulfide) groups is 1. The number of imidazole rings is 1. The number of esters is 1. The standard InChI is InChI=1S/C19H17N3O4S/c1-27-12-18-20-14-5-2-3-6-15(14)22(18)10-19(23)25-11-13-9-17(26-21-13)16-7-4-8-24-16/h2-9H,10-12H2,1H3. The zero-order valence-corrected chi connectivity index (χ0v) is 15.4. The Morgan fingerprint density at radius 2 is 2.11 bits per heavy atom. The van der Waals surface area contributed by atoms with Crippen molar-refractivity contribution in [3.05, 3.63) is 60.2 Å². The van der Waals surface area contributed by atoms with E-state index in [0.717, 1.165) is 22.6 Å². The minimum Gasteiger partial charge on any atom is -0.461 e. The molecule has 0 amide bonds. The summed E-state index contributed by atoms with van der Waals surface area (Å²) in [5.41, 5.74) is 2.31. The first kappa shape index (κ1) is 17.4. The molecule has 3 aromatic heterocycles. The molecular weight excluding hydrogens is 366 g/mol. The van der Waals surface area contributed by atoms with E-state index in [1.165, 1.54) is 0 Å². The molecule has 7 nitrogen and oxygen atoms in total. The molecule has 0 aliphatic rings. The lowest BCUT2D eigenvalue weighted by molar-refractivity contribution is -0.145. The Morgan fingerprint density at radius 1 is 1.22 bits per heavy atom. The first-order valence-corrected chi connectivity index (χ1v) is 9.72. The number of benzene rings is 1. The van der Waals surface area contributed by atoms with Crippen molar-refractivity contribution in [2.24, 2.45) is 0 Å². The Hall–Kier alpha value is -3.00. The first-order chi connectivity index (χ1) is 13.2. The molecule has 0 N–H and O–H groups in total. The summed E-state index contributed by atoms with van der Waals surface area (Å²) in [5.74, 6) is 2.28. The third kappa shape index (κ3) is 3.75. The largest absolute Gasteiger partial charge is 0.461 e. The molecule has 8 heteroatoms. The molecule has 0 aliphatic heterocycles. The van der Waals surface area contributed by atoms with Crippen LogP contribution < -0.4 is 0 Å². The van der Waals surface area contributed by atoms with Gasteiger partial charge in [-0.2, -0.15) is 11.8 Å². The molecular formula is C19H17N3O4S. The van der Waals surface area contributed by atoms with E-state index < -0.39 is 0 Å². The number of fused-ring (bicyclic) bond motifs is 1. The maximum Gasteiger partial charge on any atom is 0.326 e. The van der Waals surface area contributed by atoms with Crippen molar-refractivity contribution in [3.63, 3.8) is 0 Å². The molecule has 0 saturated carbocycles. The lowest BCUT2D eigenvalue weighted by atomic mass is 10.3. The Kier molecular flexibility index (Phi) is 4.97. The van der Waals surface area contributed by atoms with Gasteiger partial charge >= 0.3 is 5.97 Å². The van der Waals surface area contributed by atoms with Crippen molar-refractivity contribution < 1.29 is 18.5 Å². The molecule has 0 atom stereocenters. The molecule has 1 aromatic carbocycles. The van der Waals surface area contributed by atoms with Crippen LogP contribution in [0.2, 0.25) is 0 Å². The van der Waals surface area contributed by atoms with E-state index in [4.69, 9.17) is 13.7 Å². The van der Waals surface area contributed by atoms with Crippen LogP contribution in [0.25, 0.3) is 22.6 Å². The van der Waals surface area contributed by atoms with Gasteiger partial charge in [-0.1, -0.05) is 17.3 Å². The number of hydrogen-bond acceptors (Lipinski definition) is 7. The highest BCUT2D eigenvalue weighted by Gasteiger charge is 2.15. The number of para-hydroxylation sites is 2. The predicted octanol–water partition coefficient (Wildman–Crippen LogP) is 3.89. The third-order valence-corrected chi connectivity index (χ3v) is 4.55. The number of hydrogen-bond donors (Lipinski definition) is 0. The van der Waals surface area contributed by atoms with Crippen molar-refractivity contribution in [1.29, 1.82) is 0 Å². The molecule has 0 fully saturated rings. The van der Waals surface area contributed by atoms with E-state index in [0.29, 0.717) is 17.2 Å². The summed E-state index contributed by atoms with van der Waals surface area (Å²) in [4.78, 5) is 17.0. The van der Waals surface area contributed by atoms with Crippen molar-refractivity contribution in [1.82, 2.24) is 14.7 Å². The molecule has 0 unspecified atom stereocenters. The number of rotatable bonds is 7. The summed E-state index contributed by atoms with van der Waals surface area (Å²) >= 11 is 1.66. The van der Waals surface area contributed by atoms with E-state index in [9.17, 15) is 4.79 Å². The van der Waals surface area contributed by atoms with Crippen LogP contribution in [-0.2, 0) is 28.4 Å². The lowest BCUT2D eigenvalue weighted by Gasteiger charge is -2.08. The van der Waals surface area contributed by atoms with Gasteiger partial charge in [-0.05, 0) is 30.5 Å². The van der Waals surface area contributed by atoms with E-state index in [1.54, 1.807) is 36.2 Å². The topological polar surface area (TPSA) is 83.3 Å². The molecule has 0 aliphatic carbocycles. The van der Waals surface area contributed by atoms with Crippen LogP contribution in [0.1, 0.15) is 11.5 Å². The van der Waals surface area contributed by atoms with Gasteiger partial charge in [0.15, 0.2) is 5.76 Å². The number of carbonyl (C=O) groups is 1. The minimum absolute atomic E-state index is 0.0353. The second-order valence-corrected chi connectivity index (χ2v) is 6.72. The van der Waals surface area contributed by atoms with Crippen molar-refractivity contribution in [2.75, 3.05) is 6.26 Å². The molecule has 4 rings (SSSR count). The smallest absolute Gasteiger partial charge is 0.326 e. The van der Waals surface area contributed by atoms with Gasteiger partial charge in [-0.25, -0.2) is 4.98 Å².